The van der Waals surface area contributed by atoms with Crippen molar-refractivity contribution in [2.24, 2.45) is 0 Å². The molecule has 5 rings (SSSR count). The molecule has 3 amide bonds. The minimum Gasteiger partial charge on any atom is -0.493 e. The maximum Gasteiger partial charge on any atom is 0.264 e. The number of fused-ring (bicyclic) bond motifs is 1. The van der Waals surface area contributed by atoms with Crippen molar-refractivity contribution in [1.82, 2.24) is 15.1 Å². The second-order valence-electron chi connectivity index (χ2n) is 11.5. The van der Waals surface area contributed by atoms with Gasteiger partial charge in [0, 0.05) is 45.4 Å². The highest BCUT2D eigenvalue weighted by molar-refractivity contribution is 6.24. The van der Waals surface area contributed by atoms with E-state index in [0.29, 0.717) is 48.6 Å². The number of methoxy groups -OCH3 is 2. The average Bonchev–Trinajstić information content (AvgIpc) is 3.36. The van der Waals surface area contributed by atoms with Gasteiger partial charge in [-0.15, -0.1) is 0 Å². The third-order valence-corrected chi connectivity index (χ3v) is 8.93. The van der Waals surface area contributed by atoms with E-state index in [2.05, 4.69) is 46.3 Å². The van der Waals surface area contributed by atoms with Gasteiger partial charge in [-0.25, -0.2) is 0 Å². The molecule has 0 radical (unpaired) electrons. The molecule has 0 unspecified atom stereocenters. The van der Waals surface area contributed by atoms with Gasteiger partial charge in [0.25, 0.3) is 11.8 Å². The highest BCUT2D eigenvalue weighted by Gasteiger charge is 2.43. The van der Waals surface area contributed by atoms with Crippen LogP contribution < -0.4 is 19.7 Å². The number of hydrogen-bond donors (Lipinski definition) is 1. The lowest BCUT2D eigenvalue weighted by atomic mass is 9.99. The Labute approximate surface area is 271 Å². The number of rotatable bonds is 14. The first-order chi connectivity index (χ1) is 22.4. The normalized spacial score (nSPS) is 16.3. The first-order valence-electron chi connectivity index (χ1n) is 16.0. The fourth-order valence-corrected chi connectivity index (χ4v) is 6.40. The summed E-state index contributed by atoms with van der Waals surface area (Å²) in [6.45, 7) is 8.07. The number of piperazine rings is 1. The Bertz CT molecular complexity index is 1520. The Hall–Kier alpha value is -4.41. The molecule has 1 fully saturated rings. The first-order valence-corrected chi connectivity index (χ1v) is 16.0. The van der Waals surface area contributed by atoms with Crippen LogP contribution in [0.15, 0.2) is 66.7 Å². The quantitative estimate of drug-likeness (QED) is 0.200. The van der Waals surface area contributed by atoms with Crippen LogP contribution in [0.2, 0.25) is 0 Å². The zero-order valence-corrected chi connectivity index (χ0v) is 27.2. The number of nitrogens with zero attached hydrogens (tertiary/aromatic N) is 3. The van der Waals surface area contributed by atoms with E-state index in [4.69, 9.17) is 14.2 Å². The molecule has 0 spiro atoms. The molecule has 3 aromatic rings. The van der Waals surface area contributed by atoms with Gasteiger partial charge in [0.05, 0.1) is 37.1 Å². The lowest BCUT2D eigenvalue weighted by Gasteiger charge is -2.39. The largest absolute Gasteiger partial charge is 0.493 e. The van der Waals surface area contributed by atoms with Gasteiger partial charge in [-0.05, 0) is 62.1 Å². The zero-order valence-electron chi connectivity index (χ0n) is 27.2. The highest BCUT2D eigenvalue weighted by Crippen LogP contribution is 2.40. The Morgan fingerprint density at radius 2 is 1.61 bits per heavy atom. The van der Waals surface area contributed by atoms with Crippen LogP contribution in [0.4, 0.5) is 5.69 Å². The van der Waals surface area contributed by atoms with Crippen molar-refractivity contribution in [3.63, 3.8) is 0 Å². The van der Waals surface area contributed by atoms with E-state index >= 15 is 0 Å². The number of anilines is 1. The van der Waals surface area contributed by atoms with Gasteiger partial charge in [-0.2, -0.15) is 0 Å². The maximum absolute atomic E-state index is 14.3. The molecule has 2 aliphatic heterocycles. The predicted octanol–water partition coefficient (Wildman–Crippen LogP) is 4.86. The highest BCUT2D eigenvalue weighted by atomic mass is 16.5. The second-order valence-corrected chi connectivity index (χ2v) is 11.5. The molecule has 0 saturated carbocycles. The summed E-state index contributed by atoms with van der Waals surface area (Å²) in [6, 6.07) is 21.2. The van der Waals surface area contributed by atoms with E-state index in [1.807, 2.05) is 37.3 Å². The fraction of sp³-hybridized carbons (Fsp3) is 0.417. The second kappa shape index (κ2) is 15.2. The first kappa shape index (κ1) is 33.0. The minimum absolute atomic E-state index is 0.00375. The lowest BCUT2D eigenvalue weighted by molar-refractivity contribution is -0.125. The molecule has 244 valence electrons. The number of nitrogens with one attached hydrogen (secondary N) is 1. The van der Waals surface area contributed by atoms with Crippen molar-refractivity contribution in [3.8, 4) is 11.5 Å². The molecule has 2 aliphatic rings. The molecule has 0 bridgehead atoms. The summed E-state index contributed by atoms with van der Waals surface area (Å²) in [6.07, 6.45) is 0.986. The van der Waals surface area contributed by atoms with E-state index in [-0.39, 0.29) is 30.4 Å². The SMILES string of the molecule is CCOCC(=O)NCCC[C@H](c1ccc(OC)c(OC)c1)N1C(=O)c2cccc(N3CCN([C@H](C)c4ccccc4)CC3)c2C1=O. The van der Waals surface area contributed by atoms with Gasteiger partial charge in [-0.3, -0.25) is 24.2 Å². The summed E-state index contributed by atoms with van der Waals surface area (Å²) >= 11 is 0. The standard InChI is InChI=1S/C36H44N4O6/c1-5-46-24-33(41)37-18-10-15-29(27-16-17-31(44-3)32(23-27)45-4)40-35(42)28-13-9-14-30(34(28)36(40)43)39-21-19-38(20-22-39)25(2)26-11-7-6-8-12-26/h6-9,11-14,16-17,23,25,29H,5,10,15,18-22,24H2,1-4H3,(H,37,41)/t25-,29-/m1/s1. The molecule has 0 aliphatic carbocycles. The third kappa shape index (κ3) is 7.03. The van der Waals surface area contributed by atoms with Crippen molar-refractivity contribution < 1.29 is 28.6 Å². The van der Waals surface area contributed by atoms with Gasteiger partial charge in [-0.1, -0.05) is 42.5 Å². The monoisotopic (exact) mass is 628 g/mol. The van der Waals surface area contributed by atoms with Gasteiger partial charge in [0.15, 0.2) is 11.5 Å². The van der Waals surface area contributed by atoms with Crippen LogP contribution in [-0.2, 0) is 9.53 Å². The minimum atomic E-state index is -0.576. The molecular formula is C36H44N4O6. The van der Waals surface area contributed by atoms with Crippen LogP contribution in [0, 0.1) is 0 Å². The number of benzene rings is 3. The summed E-state index contributed by atoms with van der Waals surface area (Å²) in [5.41, 5.74) is 3.69. The van der Waals surface area contributed by atoms with E-state index in [1.165, 1.54) is 10.5 Å². The van der Waals surface area contributed by atoms with Crippen LogP contribution in [0.3, 0.4) is 0 Å². The molecule has 2 atom stereocenters. The Balaban J connectivity index is 1.37. The van der Waals surface area contributed by atoms with Gasteiger partial charge in [0.2, 0.25) is 5.91 Å². The molecule has 1 N–H and O–H groups in total. The van der Waals surface area contributed by atoms with E-state index < -0.39 is 6.04 Å². The Morgan fingerprint density at radius 3 is 2.30 bits per heavy atom. The van der Waals surface area contributed by atoms with Crippen LogP contribution >= 0.6 is 0 Å². The summed E-state index contributed by atoms with van der Waals surface area (Å²) in [5.74, 6) is 0.232. The molecule has 46 heavy (non-hydrogen) atoms. The summed E-state index contributed by atoms with van der Waals surface area (Å²) in [4.78, 5) is 46.5. The molecule has 0 aromatic heterocycles. The summed E-state index contributed by atoms with van der Waals surface area (Å²) in [7, 11) is 3.12. The van der Waals surface area contributed by atoms with Crippen LogP contribution in [0.25, 0.3) is 0 Å². The van der Waals surface area contributed by atoms with Crippen molar-refractivity contribution in [2.45, 2.75) is 38.8 Å². The fourth-order valence-electron chi connectivity index (χ4n) is 6.40. The summed E-state index contributed by atoms with van der Waals surface area (Å²) < 4.78 is 16.2. The average molecular weight is 629 g/mol. The van der Waals surface area contributed by atoms with Crippen LogP contribution in [0.1, 0.15) is 70.6 Å². The number of carbonyl (C=O) groups is 3. The number of amides is 3. The van der Waals surface area contributed by atoms with Crippen LogP contribution in [0.5, 0.6) is 11.5 Å². The maximum atomic E-state index is 14.3. The topological polar surface area (TPSA) is 101 Å². The summed E-state index contributed by atoms with van der Waals surface area (Å²) in [5, 5.41) is 2.86. The van der Waals surface area contributed by atoms with Crippen molar-refractivity contribution in [1.29, 1.82) is 0 Å². The molecule has 2 heterocycles. The predicted molar refractivity (Wildman–Crippen MR) is 177 cm³/mol. The lowest BCUT2D eigenvalue weighted by Crippen LogP contribution is -2.47. The van der Waals surface area contributed by atoms with Crippen molar-refractivity contribution in [3.05, 3.63) is 89.0 Å². The smallest absolute Gasteiger partial charge is 0.264 e. The van der Waals surface area contributed by atoms with Crippen molar-refractivity contribution >= 4 is 23.4 Å². The van der Waals surface area contributed by atoms with Crippen LogP contribution in [-0.4, -0.2) is 87.7 Å². The van der Waals surface area contributed by atoms with Gasteiger partial charge in [0.1, 0.15) is 6.61 Å². The van der Waals surface area contributed by atoms with Gasteiger partial charge < -0.3 is 24.4 Å². The number of carbonyl (C=O) groups excluding carboxylic acids is 3. The molecule has 10 heteroatoms. The molecule has 1 saturated heterocycles. The third-order valence-electron chi connectivity index (χ3n) is 8.93. The molecular weight excluding hydrogens is 584 g/mol. The molecule has 3 aromatic carbocycles. The number of ether oxygens (including phenoxy) is 3. The number of imide groups is 1. The Morgan fingerprint density at radius 1 is 0.870 bits per heavy atom. The van der Waals surface area contributed by atoms with E-state index in [0.717, 1.165) is 37.4 Å². The van der Waals surface area contributed by atoms with E-state index in [1.54, 1.807) is 26.4 Å². The van der Waals surface area contributed by atoms with Crippen molar-refractivity contribution in [2.75, 3.05) is 65.1 Å². The zero-order chi connectivity index (χ0) is 32.6. The Kier molecular flexibility index (Phi) is 10.9. The number of hydrogen-bond acceptors (Lipinski definition) is 8. The molecule has 10 nitrogen and oxygen atoms in total. The van der Waals surface area contributed by atoms with E-state index in [9.17, 15) is 14.4 Å². The van der Waals surface area contributed by atoms with Gasteiger partial charge >= 0.3 is 0 Å².